The number of rotatable bonds is 8. The van der Waals surface area contributed by atoms with Crippen molar-refractivity contribution in [1.82, 2.24) is 0 Å². The summed E-state index contributed by atoms with van der Waals surface area (Å²) < 4.78 is 15.1. The van der Waals surface area contributed by atoms with E-state index in [1.807, 2.05) is 0 Å². The molecule has 2 N–H and O–H groups in total. The lowest BCUT2D eigenvalue weighted by atomic mass is 9.75. The summed E-state index contributed by atoms with van der Waals surface area (Å²) >= 11 is 0. The molecule has 0 radical (unpaired) electrons. The van der Waals surface area contributed by atoms with Crippen LogP contribution in [-0.2, 0) is 23.8 Å². The summed E-state index contributed by atoms with van der Waals surface area (Å²) in [5.74, 6) is -3.51. The van der Waals surface area contributed by atoms with Crippen molar-refractivity contribution in [1.29, 1.82) is 0 Å². The second kappa shape index (κ2) is 10.3. The van der Waals surface area contributed by atoms with Gasteiger partial charge in [0.2, 0.25) is 0 Å². The molecule has 2 rings (SSSR count). The van der Waals surface area contributed by atoms with Gasteiger partial charge in [-0.25, -0.2) is 9.59 Å². The Hall–Kier alpha value is -3.76. The zero-order valence-corrected chi connectivity index (χ0v) is 17.3. The lowest BCUT2D eigenvalue weighted by Crippen LogP contribution is -2.37. The van der Waals surface area contributed by atoms with E-state index < -0.39 is 41.4 Å². The van der Waals surface area contributed by atoms with Gasteiger partial charge < -0.3 is 19.9 Å². The lowest BCUT2D eigenvalue weighted by molar-refractivity contribution is -0.384. The monoisotopic (exact) mass is 433 g/mol. The summed E-state index contributed by atoms with van der Waals surface area (Å²) in [6.07, 6.45) is -1.08. The number of hydrogen-bond donors (Lipinski definition) is 1. The Labute approximate surface area is 178 Å². The van der Waals surface area contributed by atoms with Crippen molar-refractivity contribution in [2.75, 3.05) is 19.8 Å². The van der Waals surface area contributed by atoms with E-state index in [-0.39, 0.29) is 35.9 Å². The van der Waals surface area contributed by atoms with Crippen LogP contribution in [-0.4, -0.2) is 48.5 Å². The summed E-state index contributed by atoms with van der Waals surface area (Å²) in [4.78, 5) is 51.8. The number of nitrogens with two attached hydrogens (primary N) is 1. The van der Waals surface area contributed by atoms with E-state index in [4.69, 9.17) is 19.9 Å². The molecule has 0 aliphatic carbocycles. The molecule has 0 fully saturated rings. The molecule has 1 aliphatic rings. The highest BCUT2D eigenvalue weighted by Gasteiger charge is 2.43. The molecule has 2 unspecified atom stereocenters. The predicted molar refractivity (Wildman–Crippen MR) is 108 cm³/mol. The van der Waals surface area contributed by atoms with E-state index in [1.165, 1.54) is 18.2 Å². The molecule has 1 aromatic rings. The molecule has 166 valence electrons. The number of benzene rings is 1. The molecule has 1 aliphatic heterocycles. The first kappa shape index (κ1) is 23.5. The zero-order valence-electron chi connectivity index (χ0n) is 17.3. The SMILES string of the molecule is CCOC(=O)C1=C(COC(N)=O)N=C(C)C(C(=O)OCC)C1c1cccc([N+](=O)[O-])c1. The fourth-order valence-electron chi connectivity index (χ4n) is 3.36. The first-order chi connectivity index (χ1) is 14.7. The summed E-state index contributed by atoms with van der Waals surface area (Å²) in [6, 6.07) is 5.55. The number of nitro groups is 1. The molecule has 2 atom stereocenters. The molecular formula is C20H23N3O8. The van der Waals surface area contributed by atoms with Gasteiger partial charge in [-0.1, -0.05) is 12.1 Å². The van der Waals surface area contributed by atoms with E-state index in [0.717, 1.165) is 0 Å². The Kier molecular flexibility index (Phi) is 7.83. The van der Waals surface area contributed by atoms with Gasteiger partial charge in [-0.3, -0.25) is 19.9 Å². The highest BCUT2D eigenvalue weighted by Crippen LogP contribution is 2.41. The first-order valence-electron chi connectivity index (χ1n) is 9.49. The van der Waals surface area contributed by atoms with Crippen molar-refractivity contribution in [2.24, 2.45) is 16.6 Å². The number of hydrogen-bond acceptors (Lipinski definition) is 9. The van der Waals surface area contributed by atoms with Gasteiger partial charge in [0.05, 0.1) is 29.4 Å². The summed E-state index contributed by atoms with van der Waals surface area (Å²) in [7, 11) is 0. The fourth-order valence-corrected chi connectivity index (χ4v) is 3.36. The molecule has 31 heavy (non-hydrogen) atoms. The van der Waals surface area contributed by atoms with E-state index in [1.54, 1.807) is 26.8 Å². The third kappa shape index (κ3) is 5.44. The average molecular weight is 433 g/mol. The summed E-state index contributed by atoms with van der Waals surface area (Å²) in [5, 5.41) is 11.3. The van der Waals surface area contributed by atoms with Gasteiger partial charge in [-0.15, -0.1) is 0 Å². The Morgan fingerprint density at radius 3 is 2.42 bits per heavy atom. The maximum absolute atomic E-state index is 12.9. The average Bonchev–Trinajstić information content (AvgIpc) is 2.71. The quantitative estimate of drug-likeness (QED) is 0.283. The minimum Gasteiger partial charge on any atom is -0.465 e. The molecule has 1 aromatic carbocycles. The van der Waals surface area contributed by atoms with E-state index in [9.17, 15) is 24.5 Å². The Bertz CT molecular complexity index is 953. The summed E-state index contributed by atoms with van der Waals surface area (Å²) in [6.45, 7) is 4.45. The second-order valence-corrected chi connectivity index (χ2v) is 6.50. The maximum atomic E-state index is 12.9. The number of nitrogens with zero attached hydrogens (tertiary/aromatic N) is 2. The third-order valence-corrected chi connectivity index (χ3v) is 4.54. The number of primary amides is 1. The van der Waals surface area contributed by atoms with Gasteiger partial charge in [0.15, 0.2) is 0 Å². The standard InChI is InChI=1S/C20H23N3O8/c1-4-29-18(24)15-11(3)22-14(10-31-20(21)26)17(19(25)30-5-2)16(15)12-7-6-8-13(9-12)23(27)28/h6-9,15-16H,4-5,10H2,1-3H3,(H2,21,26). The number of nitro benzene ring substituents is 1. The Balaban J connectivity index is 2.74. The second-order valence-electron chi connectivity index (χ2n) is 6.50. The van der Waals surface area contributed by atoms with Gasteiger partial charge in [0, 0.05) is 23.8 Å². The van der Waals surface area contributed by atoms with Crippen molar-refractivity contribution in [3.05, 3.63) is 51.2 Å². The number of carbonyl (C=O) groups is 3. The van der Waals surface area contributed by atoms with Crippen LogP contribution in [0.4, 0.5) is 10.5 Å². The number of aliphatic imine (C=N–C) groups is 1. The Morgan fingerprint density at radius 2 is 1.84 bits per heavy atom. The lowest BCUT2D eigenvalue weighted by Gasteiger charge is -2.32. The predicted octanol–water partition coefficient (Wildman–Crippen LogP) is 2.24. The Morgan fingerprint density at radius 1 is 1.16 bits per heavy atom. The minimum absolute atomic E-state index is 0.0285. The van der Waals surface area contributed by atoms with Crippen LogP contribution in [0.25, 0.3) is 0 Å². The van der Waals surface area contributed by atoms with Gasteiger partial charge >= 0.3 is 18.0 Å². The van der Waals surface area contributed by atoms with Gasteiger partial charge in [-0.2, -0.15) is 0 Å². The van der Waals surface area contributed by atoms with Gasteiger partial charge in [0.25, 0.3) is 5.69 Å². The number of non-ortho nitro benzene ring substituents is 1. The highest BCUT2D eigenvalue weighted by molar-refractivity contribution is 6.07. The molecule has 1 amide bonds. The van der Waals surface area contributed by atoms with Crippen molar-refractivity contribution < 1.29 is 33.5 Å². The molecule has 1 heterocycles. The molecule has 0 aromatic heterocycles. The zero-order chi connectivity index (χ0) is 23.1. The van der Waals surface area contributed by atoms with Crippen molar-refractivity contribution in [3.8, 4) is 0 Å². The number of carbonyl (C=O) groups excluding carboxylic acids is 3. The van der Waals surface area contributed by atoms with E-state index in [0.29, 0.717) is 5.56 Å². The van der Waals surface area contributed by atoms with Gasteiger partial charge in [0.1, 0.15) is 12.5 Å². The van der Waals surface area contributed by atoms with Crippen LogP contribution in [0.2, 0.25) is 0 Å². The van der Waals surface area contributed by atoms with E-state index >= 15 is 0 Å². The normalized spacial score (nSPS) is 18.1. The van der Waals surface area contributed by atoms with Crippen LogP contribution in [0.3, 0.4) is 0 Å². The van der Waals surface area contributed by atoms with Crippen LogP contribution in [0.15, 0.2) is 40.5 Å². The molecule has 0 bridgehead atoms. The highest BCUT2D eigenvalue weighted by atomic mass is 16.6. The molecule has 0 saturated heterocycles. The van der Waals surface area contributed by atoms with Crippen LogP contribution in [0.5, 0.6) is 0 Å². The van der Waals surface area contributed by atoms with Crippen molar-refractivity contribution in [2.45, 2.75) is 26.7 Å². The van der Waals surface area contributed by atoms with Crippen LogP contribution in [0.1, 0.15) is 32.3 Å². The van der Waals surface area contributed by atoms with Crippen LogP contribution >= 0.6 is 0 Å². The fraction of sp³-hybridized carbons (Fsp3) is 0.400. The first-order valence-corrected chi connectivity index (χ1v) is 9.49. The van der Waals surface area contributed by atoms with Crippen molar-refractivity contribution >= 4 is 29.4 Å². The maximum Gasteiger partial charge on any atom is 0.404 e. The number of esters is 2. The smallest absolute Gasteiger partial charge is 0.404 e. The van der Waals surface area contributed by atoms with Crippen LogP contribution in [0, 0.1) is 16.0 Å². The van der Waals surface area contributed by atoms with Crippen molar-refractivity contribution in [3.63, 3.8) is 0 Å². The third-order valence-electron chi connectivity index (χ3n) is 4.54. The minimum atomic E-state index is -1.08. The molecule has 0 saturated carbocycles. The molecule has 0 spiro atoms. The van der Waals surface area contributed by atoms with Crippen LogP contribution < -0.4 is 5.73 Å². The number of amides is 1. The molecule has 11 nitrogen and oxygen atoms in total. The topological polar surface area (TPSA) is 160 Å². The van der Waals surface area contributed by atoms with E-state index in [2.05, 4.69) is 4.99 Å². The number of ether oxygens (including phenoxy) is 3. The van der Waals surface area contributed by atoms with Gasteiger partial charge in [-0.05, 0) is 26.3 Å². The molecular weight excluding hydrogens is 410 g/mol. The largest absolute Gasteiger partial charge is 0.465 e. The molecule has 11 heteroatoms. The summed E-state index contributed by atoms with van der Waals surface area (Å²) in [5.41, 5.74) is 5.38.